The second-order valence-corrected chi connectivity index (χ2v) is 8.73. The minimum atomic E-state index is -3.16. The number of thiazole rings is 1. The number of rotatable bonds is 8. The van der Waals surface area contributed by atoms with Crippen LogP contribution in [0.3, 0.4) is 0 Å². The Hall–Kier alpha value is -1.77. The van der Waals surface area contributed by atoms with E-state index in [1.165, 1.54) is 11.3 Å². The lowest BCUT2D eigenvalue weighted by atomic mass is 10.1. The first-order valence-electron chi connectivity index (χ1n) is 7.91. The third-order valence-electron chi connectivity index (χ3n) is 3.24. The number of hydrogen-bond acceptors (Lipinski definition) is 6. The third kappa shape index (κ3) is 6.93. The molecule has 2 rings (SSSR count). The number of benzene rings is 1. The monoisotopic (exact) mass is 382 g/mol. The Bertz CT molecular complexity index is 811. The summed E-state index contributed by atoms with van der Waals surface area (Å²) in [5.74, 6) is -0.273. The summed E-state index contributed by atoms with van der Waals surface area (Å²) in [7, 11) is -3.16. The van der Waals surface area contributed by atoms with E-state index >= 15 is 0 Å². The number of aromatic nitrogens is 1. The highest BCUT2D eigenvalue weighted by Crippen LogP contribution is 2.23. The van der Waals surface area contributed by atoms with Crippen LogP contribution < -0.4 is 4.72 Å². The first-order valence-corrected chi connectivity index (χ1v) is 10.7. The van der Waals surface area contributed by atoms with Crippen molar-refractivity contribution in [2.75, 3.05) is 12.8 Å². The highest BCUT2D eigenvalue weighted by atomic mass is 32.2. The quantitative estimate of drug-likeness (QED) is 0.709. The molecule has 0 saturated heterocycles. The average molecular weight is 383 g/mol. The molecular formula is C17H22N2O4S2. The molecule has 0 unspecified atom stereocenters. The first-order chi connectivity index (χ1) is 11.7. The molecule has 0 aliphatic rings. The van der Waals surface area contributed by atoms with Gasteiger partial charge in [-0.3, -0.25) is 4.79 Å². The fourth-order valence-corrected chi connectivity index (χ4v) is 3.44. The summed E-state index contributed by atoms with van der Waals surface area (Å²) >= 11 is 1.43. The fraction of sp³-hybridized carbons (Fsp3) is 0.412. The number of carbonyl (C=O) groups is 1. The summed E-state index contributed by atoms with van der Waals surface area (Å²) < 4.78 is 29.7. The molecule has 0 aliphatic carbocycles. The molecular weight excluding hydrogens is 360 g/mol. The summed E-state index contributed by atoms with van der Waals surface area (Å²) in [4.78, 5) is 16.2. The molecule has 1 heterocycles. The van der Waals surface area contributed by atoms with Crippen LogP contribution in [0, 0.1) is 0 Å². The maximum Gasteiger partial charge on any atom is 0.312 e. The second kappa shape index (κ2) is 8.55. The SMILES string of the molecule is CC(C)OC(=O)Cc1nc(-c2ccc(CCNS(C)(=O)=O)cc2)cs1. The molecule has 0 fully saturated rings. The molecule has 0 spiro atoms. The molecule has 1 aromatic carbocycles. The first kappa shape index (κ1) is 19.6. The van der Waals surface area contributed by atoms with Crippen molar-refractivity contribution in [3.8, 4) is 11.3 Å². The Morgan fingerprint density at radius 1 is 1.28 bits per heavy atom. The highest BCUT2D eigenvalue weighted by Gasteiger charge is 2.11. The van der Waals surface area contributed by atoms with Gasteiger partial charge >= 0.3 is 5.97 Å². The van der Waals surface area contributed by atoms with Crippen LogP contribution in [0.5, 0.6) is 0 Å². The van der Waals surface area contributed by atoms with Crippen molar-refractivity contribution in [3.63, 3.8) is 0 Å². The van der Waals surface area contributed by atoms with Crippen molar-refractivity contribution in [3.05, 3.63) is 40.2 Å². The summed E-state index contributed by atoms with van der Waals surface area (Å²) in [6.45, 7) is 4.01. The molecule has 8 heteroatoms. The summed E-state index contributed by atoms with van der Waals surface area (Å²) in [5, 5.41) is 2.64. The minimum absolute atomic E-state index is 0.128. The van der Waals surface area contributed by atoms with Gasteiger partial charge in [-0.1, -0.05) is 24.3 Å². The molecule has 0 amide bonds. The number of nitrogens with one attached hydrogen (secondary N) is 1. The van der Waals surface area contributed by atoms with E-state index in [-0.39, 0.29) is 18.5 Å². The van der Waals surface area contributed by atoms with E-state index in [9.17, 15) is 13.2 Å². The van der Waals surface area contributed by atoms with Gasteiger partial charge in [0, 0.05) is 17.5 Å². The number of nitrogens with zero attached hydrogens (tertiary/aromatic N) is 1. The van der Waals surface area contributed by atoms with Crippen LogP contribution in [0.15, 0.2) is 29.6 Å². The van der Waals surface area contributed by atoms with Crippen LogP contribution in [-0.4, -0.2) is 38.3 Å². The maximum atomic E-state index is 11.7. The molecule has 25 heavy (non-hydrogen) atoms. The number of carbonyl (C=O) groups excluding carboxylic acids is 1. The van der Waals surface area contributed by atoms with Crippen LogP contribution in [0.25, 0.3) is 11.3 Å². The van der Waals surface area contributed by atoms with Crippen LogP contribution in [-0.2, 0) is 32.4 Å². The smallest absolute Gasteiger partial charge is 0.312 e. The normalized spacial score (nSPS) is 11.7. The number of esters is 1. The van der Waals surface area contributed by atoms with Gasteiger partial charge in [0.05, 0.1) is 24.5 Å². The van der Waals surface area contributed by atoms with Gasteiger partial charge in [0.15, 0.2) is 0 Å². The van der Waals surface area contributed by atoms with Crippen LogP contribution in [0.1, 0.15) is 24.4 Å². The summed E-state index contributed by atoms with van der Waals surface area (Å²) in [5.41, 5.74) is 2.81. The van der Waals surface area contributed by atoms with Gasteiger partial charge < -0.3 is 4.74 Å². The van der Waals surface area contributed by atoms with Crippen LogP contribution in [0.4, 0.5) is 0 Å². The molecule has 136 valence electrons. The van der Waals surface area contributed by atoms with E-state index in [1.807, 2.05) is 43.5 Å². The number of ether oxygens (including phenoxy) is 1. The van der Waals surface area contributed by atoms with Crippen molar-refractivity contribution >= 4 is 27.3 Å². The Morgan fingerprint density at radius 2 is 1.96 bits per heavy atom. The zero-order valence-electron chi connectivity index (χ0n) is 14.5. The van der Waals surface area contributed by atoms with E-state index in [4.69, 9.17) is 4.74 Å². The predicted octanol–water partition coefficient (Wildman–Crippen LogP) is 2.40. The van der Waals surface area contributed by atoms with Crippen LogP contribution in [0.2, 0.25) is 0 Å². The molecule has 1 N–H and O–H groups in total. The van der Waals surface area contributed by atoms with Gasteiger partial charge in [0.2, 0.25) is 10.0 Å². The molecule has 0 radical (unpaired) electrons. The van der Waals surface area contributed by atoms with Gasteiger partial charge in [-0.25, -0.2) is 18.1 Å². The lowest BCUT2D eigenvalue weighted by molar-refractivity contribution is -0.146. The molecule has 0 saturated carbocycles. The summed E-state index contributed by atoms with van der Waals surface area (Å²) in [6.07, 6.45) is 1.82. The zero-order valence-corrected chi connectivity index (χ0v) is 16.1. The molecule has 6 nitrogen and oxygen atoms in total. The van der Waals surface area contributed by atoms with Crippen LogP contribution >= 0.6 is 11.3 Å². The van der Waals surface area contributed by atoms with E-state index in [0.29, 0.717) is 13.0 Å². The van der Waals surface area contributed by atoms with Crippen molar-refractivity contribution in [1.82, 2.24) is 9.71 Å². The Balaban J connectivity index is 1.95. The molecule has 2 aromatic rings. The lowest BCUT2D eigenvalue weighted by Gasteiger charge is -2.06. The Morgan fingerprint density at radius 3 is 2.56 bits per heavy atom. The van der Waals surface area contributed by atoms with E-state index in [2.05, 4.69) is 9.71 Å². The van der Waals surface area contributed by atoms with Gasteiger partial charge in [-0.15, -0.1) is 11.3 Å². The van der Waals surface area contributed by atoms with E-state index in [1.54, 1.807) is 0 Å². The summed E-state index contributed by atoms with van der Waals surface area (Å²) in [6, 6.07) is 7.79. The average Bonchev–Trinajstić information content (AvgIpc) is 2.94. The predicted molar refractivity (Wildman–Crippen MR) is 99.0 cm³/mol. The van der Waals surface area contributed by atoms with Gasteiger partial charge in [-0.05, 0) is 25.8 Å². The largest absolute Gasteiger partial charge is 0.463 e. The van der Waals surface area contributed by atoms with Crippen molar-refractivity contribution < 1.29 is 17.9 Å². The van der Waals surface area contributed by atoms with Gasteiger partial charge in [0.25, 0.3) is 0 Å². The van der Waals surface area contributed by atoms with Crippen molar-refractivity contribution in [2.45, 2.75) is 32.8 Å². The molecule has 0 bridgehead atoms. The third-order valence-corrected chi connectivity index (χ3v) is 4.82. The maximum absolute atomic E-state index is 11.7. The van der Waals surface area contributed by atoms with Crippen molar-refractivity contribution in [2.24, 2.45) is 0 Å². The minimum Gasteiger partial charge on any atom is -0.463 e. The highest BCUT2D eigenvalue weighted by molar-refractivity contribution is 7.88. The van der Waals surface area contributed by atoms with E-state index in [0.717, 1.165) is 28.1 Å². The van der Waals surface area contributed by atoms with E-state index < -0.39 is 10.0 Å². The molecule has 0 atom stereocenters. The lowest BCUT2D eigenvalue weighted by Crippen LogP contribution is -2.24. The zero-order chi connectivity index (χ0) is 18.4. The van der Waals surface area contributed by atoms with Gasteiger partial charge in [-0.2, -0.15) is 0 Å². The molecule has 0 aliphatic heterocycles. The Kier molecular flexibility index (Phi) is 6.69. The number of hydrogen-bond donors (Lipinski definition) is 1. The van der Waals surface area contributed by atoms with Crippen molar-refractivity contribution in [1.29, 1.82) is 0 Å². The Labute approximate surface area is 152 Å². The van der Waals surface area contributed by atoms with Gasteiger partial charge in [0.1, 0.15) is 5.01 Å². The standard InChI is InChI=1S/C17H22N2O4S2/c1-12(2)23-17(20)10-16-19-15(11-24-16)14-6-4-13(5-7-14)8-9-18-25(3,21)22/h4-7,11-12,18H,8-10H2,1-3H3. The molecule has 1 aromatic heterocycles. The number of sulfonamides is 1. The second-order valence-electron chi connectivity index (χ2n) is 5.96. The topological polar surface area (TPSA) is 85.4 Å². The fourth-order valence-electron chi connectivity index (χ4n) is 2.18.